The van der Waals surface area contributed by atoms with Gasteiger partial charge >= 0.3 is 0 Å². The third-order valence-corrected chi connectivity index (χ3v) is 3.64. The summed E-state index contributed by atoms with van der Waals surface area (Å²) in [6, 6.07) is 0.344. The molecule has 18 heavy (non-hydrogen) atoms. The molecule has 1 aromatic heterocycles. The zero-order valence-corrected chi connectivity index (χ0v) is 11.5. The Bertz CT molecular complexity index is 399. The molecule has 1 aliphatic carbocycles. The second kappa shape index (κ2) is 6.50. The van der Waals surface area contributed by atoms with E-state index in [1.165, 1.54) is 19.3 Å². The average molecular weight is 291 g/mol. The minimum absolute atomic E-state index is 0.0501. The SMILES string of the molecule is OCCN(c1nc(Cl)nnc1Cl)C1CCCCC1. The lowest BCUT2D eigenvalue weighted by Gasteiger charge is -2.34. The van der Waals surface area contributed by atoms with Crippen LogP contribution in [0.1, 0.15) is 32.1 Å². The van der Waals surface area contributed by atoms with Gasteiger partial charge in [0.05, 0.1) is 6.61 Å². The molecule has 1 aliphatic rings. The number of aliphatic hydroxyl groups is 1. The second-order valence-corrected chi connectivity index (χ2v) is 5.10. The Hall–Kier alpha value is -0.650. The Morgan fingerprint density at radius 3 is 2.56 bits per heavy atom. The molecule has 2 rings (SSSR count). The van der Waals surface area contributed by atoms with Crippen LogP contribution in [0.15, 0.2) is 0 Å². The molecule has 5 nitrogen and oxygen atoms in total. The highest BCUT2D eigenvalue weighted by atomic mass is 35.5. The van der Waals surface area contributed by atoms with Crippen LogP contribution in [-0.2, 0) is 0 Å². The predicted molar refractivity (Wildman–Crippen MR) is 71.2 cm³/mol. The highest BCUT2D eigenvalue weighted by Gasteiger charge is 2.24. The van der Waals surface area contributed by atoms with Gasteiger partial charge in [-0.25, -0.2) is 0 Å². The first kappa shape index (κ1) is 13.8. The second-order valence-electron chi connectivity index (χ2n) is 4.40. The third-order valence-electron chi connectivity index (χ3n) is 3.23. The van der Waals surface area contributed by atoms with E-state index in [1.54, 1.807) is 0 Å². The molecule has 0 saturated heterocycles. The molecule has 7 heteroatoms. The van der Waals surface area contributed by atoms with E-state index in [4.69, 9.17) is 23.2 Å². The lowest BCUT2D eigenvalue weighted by molar-refractivity contribution is 0.289. The summed E-state index contributed by atoms with van der Waals surface area (Å²) in [5.41, 5.74) is 0. The number of hydrogen-bond acceptors (Lipinski definition) is 5. The van der Waals surface area contributed by atoms with E-state index in [2.05, 4.69) is 15.2 Å². The number of aromatic nitrogens is 3. The average Bonchev–Trinajstić information content (AvgIpc) is 2.40. The topological polar surface area (TPSA) is 62.1 Å². The monoisotopic (exact) mass is 290 g/mol. The van der Waals surface area contributed by atoms with Crippen molar-refractivity contribution < 1.29 is 5.11 Å². The highest BCUT2D eigenvalue weighted by Crippen LogP contribution is 2.29. The van der Waals surface area contributed by atoms with Crippen molar-refractivity contribution in [3.63, 3.8) is 0 Å². The maximum Gasteiger partial charge on any atom is 0.245 e. The molecule has 0 atom stereocenters. The first-order chi connectivity index (χ1) is 8.72. The maximum atomic E-state index is 9.21. The summed E-state index contributed by atoms with van der Waals surface area (Å²) in [6.45, 7) is 0.536. The minimum Gasteiger partial charge on any atom is -0.395 e. The number of halogens is 2. The molecule has 0 aliphatic heterocycles. The molecule has 1 saturated carbocycles. The Morgan fingerprint density at radius 2 is 1.89 bits per heavy atom. The fourth-order valence-corrected chi connectivity index (χ4v) is 2.74. The van der Waals surface area contributed by atoms with Crippen LogP contribution in [0.4, 0.5) is 5.82 Å². The molecular formula is C11H16Cl2N4O. The summed E-state index contributed by atoms with van der Waals surface area (Å²) >= 11 is 11.8. The Balaban J connectivity index is 2.24. The van der Waals surface area contributed by atoms with Crippen molar-refractivity contribution in [2.75, 3.05) is 18.1 Å². The van der Waals surface area contributed by atoms with E-state index in [-0.39, 0.29) is 17.0 Å². The summed E-state index contributed by atoms with van der Waals surface area (Å²) in [4.78, 5) is 6.14. The van der Waals surface area contributed by atoms with E-state index in [1.807, 2.05) is 4.90 Å². The summed E-state index contributed by atoms with van der Waals surface area (Å²) in [6.07, 6.45) is 5.81. The van der Waals surface area contributed by atoms with E-state index >= 15 is 0 Å². The molecule has 100 valence electrons. The van der Waals surface area contributed by atoms with Crippen LogP contribution in [0.2, 0.25) is 10.4 Å². The van der Waals surface area contributed by atoms with Crippen molar-refractivity contribution in [1.82, 2.24) is 15.2 Å². The lowest BCUT2D eigenvalue weighted by Crippen LogP contribution is -2.39. The molecule has 0 unspecified atom stereocenters. The molecule has 0 amide bonds. The first-order valence-corrected chi connectivity index (χ1v) is 6.91. The largest absolute Gasteiger partial charge is 0.395 e. The number of aliphatic hydroxyl groups excluding tert-OH is 1. The Labute approximate surface area is 116 Å². The van der Waals surface area contributed by atoms with Gasteiger partial charge in [0.15, 0.2) is 11.0 Å². The summed E-state index contributed by atoms with van der Waals surface area (Å²) in [7, 11) is 0. The van der Waals surface area contributed by atoms with Crippen molar-refractivity contribution in [1.29, 1.82) is 0 Å². The lowest BCUT2D eigenvalue weighted by atomic mass is 9.94. The molecule has 1 aromatic rings. The van der Waals surface area contributed by atoms with Crippen LogP contribution in [0, 0.1) is 0 Å². The van der Waals surface area contributed by atoms with E-state index in [0.29, 0.717) is 18.4 Å². The first-order valence-electron chi connectivity index (χ1n) is 6.15. The molecule has 1 heterocycles. The van der Waals surface area contributed by atoms with Gasteiger partial charge in [-0.3, -0.25) is 0 Å². The van der Waals surface area contributed by atoms with Crippen LogP contribution in [0.3, 0.4) is 0 Å². The number of anilines is 1. The number of rotatable bonds is 4. The van der Waals surface area contributed by atoms with Gasteiger partial charge in [-0.2, -0.15) is 4.98 Å². The van der Waals surface area contributed by atoms with E-state index in [9.17, 15) is 5.11 Å². The van der Waals surface area contributed by atoms with Gasteiger partial charge in [0.1, 0.15) is 0 Å². The molecular weight excluding hydrogens is 275 g/mol. The molecule has 1 fully saturated rings. The van der Waals surface area contributed by atoms with E-state index < -0.39 is 0 Å². The van der Waals surface area contributed by atoms with Crippen LogP contribution in [-0.4, -0.2) is 39.5 Å². The minimum atomic E-state index is 0.0501. The Kier molecular flexibility index (Phi) is 4.97. The predicted octanol–water partition coefficient (Wildman–Crippen LogP) is 2.31. The summed E-state index contributed by atoms with van der Waals surface area (Å²) in [5.74, 6) is 0.526. The van der Waals surface area contributed by atoms with Gasteiger partial charge in [-0.05, 0) is 24.4 Å². The normalized spacial score (nSPS) is 16.8. The molecule has 0 aromatic carbocycles. The van der Waals surface area contributed by atoms with Gasteiger partial charge in [-0.15, -0.1) is 10.2 Å². The fourth-order valence-electron chi connectivity index (χ4n) is 2.43. The quantitative estimate of drug-likeness (QED) is 0.922. The maximum absolute atomic E-state index is 9.21. The van der Waals surface area contributed by atoms with Crippen molar-refractivity contribution >= 4 is 29.0 Å². The molecule has 0 radical (unpaired) electrons. The standard InChI is InChI=1S/C11H16Cl2N4O/c12-9-10(14-11(13)16-15-9)17(6-7-18)8-4-2-1-3-5-8/h8,18H,1-7H2. The van der Waals surface area contributed by atoms with Crippen LogP contribution in [0.5, 0.6) is 0 Å². The summed E-state index contributed by atoms with van der Waals surface area (Å²) in [5, 5.41) is 16.9. The molecule has 0 bridgehead atoms. The Morgan fingerprint density at radius 1 is 1.17 bits per heavy atom. The van der Waals surface area contributed by atoms with E-state index in [0.717, 1.165) is 12.8 Å². The van der Waals surface area contributed by atoms with Crippen LogP contribution < -0.4 is 4.90 Å². The van der Waals surface area contributed by atoms with Gasteiger partial charge in [0.25, 0.3) is 0 Å². The molecule has 1 N–H and O–H groups in total. The summed E-state index contributed by atoms with van der Waals surface area (Å²) < 4.78 is 0. The fraction of sp³-hybridized carbons (Fsp3) is 0.727. The van der Waals surface area contributed by atoms with Crippen LogP contribution >= 0.6 is 23.2 Å². The van der Waals surface area contributed by atoms with Crippen LogP contribution in [0.25, 0.3) is 0 Å². The smallest absolute Gasteiger partial charge is 0.245 e. The van der Waals surface area contributed by atoms with Gasteiger partial charge < -0.3 is 10.0 Å². The van der Waals surface area contributed by atoms with Crippen molar-refractivity contribution in [3.8, 4) is 0 Å². The van der Waals surface area contributed by atoms with Crippen molar-refractivity contribution in [2.24, 2.45) is 0 Å². The van der Waals surface area contributed by atoms with Gasteiger partial charge in [0, 0.05) is 12.6 Å². The highest BCUT2D eigenvalue weighted by molar-refractivity contribution is 6.32. The number of nitrogens with zero attached hydrogens (tertiary/aromatic N) is 4. The molecule has 0 spiro atoms. The third kappa shape index (κ3) is 3.22. The van der Waals surface area contributed by atoms with Gasteiger partial charge in [0.2, 0.25) is 5.28 Å². The van der Waals surface area contributed by atoms with Crippen molar-refractivity contribution in [2.45, 2.75) is 38.1 Å². The van der Waals surface area contributed by atoms with Crippen molar-refractivity contribution in [3.05, 3.63) is 10.4 Å². The zero-order valence-electron chi connectivity index (χ0n) is 10.0. The zero-order chi connectivity index (χ0) is 13.0. The van der Waals surface area contributed by atoms with Gasteiger partial charge in [-0.1, -0.05) is 30.9 Å². The number of hydrogen-bond donors (Lipinski definition) is 1.